The Morgan fingerprint density at radius 3 is 2.59 bits per heavy atom. The molecule has 0 amide bonds. The van der Waals surface area contributed by atoms with Gasteiger partial charge in [0.25, 0.3) is 0 Å². The molecule has 0 unspecified atom stereocenters. The van der Waals surface area contributed by atoms with Crippen LogP contribution in [0.15, 0.2) is 29.1 Å². The number of halogens is 3. The molecule has 1 aromatic heterocycles. The summed E-state index contributed by atoms with van der Waals surface area (Å²) in [5.41, 5.74) is -0.190. The first-order chi connectivity index (χ1) is 7.88. The Labute approximate surface area is 94.5 Å². The maximum atomic E-state index is 12.4. The van der Waals surface area contributed by atoms with Crippen LogP contribution in [0.4, 0.5) is 13.2 Å². The number of alkyl halides is 3. The summed E-state index contributed by atoms with van der Waals surface area (Å²) in [4.78, 5) is 15.1. The van der Waals surface area contributed by atoms with Crippen LogP contribution in [-0.4, -0.2) is 15.7 Å². The summed E-state index contributed by atoms with van der Waals surface area (Å²) in [7, 11) is 0. The minimum atomic E-state index is -4.44. The zero-order valence-electron chi connectivity index (χ0n) is 8.95. The van der Waals surface area contributed by atoms with E-state index in [9.17, 15) is 18.0 Å². The molecule has 0 aliphatic rings. The van der Waals surface area contributed by atoms with Gasteiger partial charge in [-0.3, -0.25) is 4.57 Å². The van der Waals surface area contributed by atoms with Gasteiger partial charge in [0, 0.05) is 5.39 Å². The van der Waals surface area contributed by atoms with Crippen LogP contribution in [-0.2, 0) is 6.54 Å². The van der Waals surface area contributed by atoms with Crippen molar-refractivity contribution in [1.29, 1.82) is 0 Å². The molecule has 2 rings (SSSR count). The van der Waals surface area contributed by atoms with E-state index < -0.39 is 18.4 Å². The number of para-hydroxylation sites is 1. The second-order valence-electron chi connectivity index (χ2n) is 3.70. The molecule has 0 saturated carbocycles. The molecule has 0 atom stereocenters. The Morgan fingerprint density at radius 1 is 1.29 bits per heavy atom. The molecule has 17 heavy (non-hydrogen) atoms. The highest BCUT2D eigenvalue weighted by molar-refractivity contribution is 5.80. The molecule has 0 spiro atoms. The quantitative estimate of drug-likeness (QED) is 0.768. The van der Waals surface area contributed by atoms with Crippen molar-refractivity contribution in [2.75, 3.05) is 0 Å². The van der Waals surface area contributed by atoms with E-state index in [1.165, 1.54) is 6.07 Å². The zero-order valence-corrected chi connectivity index (χ0v) is 8.95. The van der Waals surface area contributed by atoms with Crippen molar-refractivity contribution in [3.8, 4) is 0 Å². The van der Waals surface area contributed by atoms with E-state index in [1.807, 2.05) is 0 Å². The van der Waals surface area contributed by atoms with Gasteiger partial charge < -0.3 is 0 Å². The lowest BCUT2D eigenvalue weighted by Crippen LogP contribution is -2.30. The van der Waals surface area contributed by atoms with Crippen molar-refractivity contribution < 1.29 is 13.2 Å². The van der Waals surface area contributed by atoms with E-state index in [2.05, 4.69) is 4.98 Å². The third-order valence-electron chi connectivity index (χ3n) is 2.42. The number of aryl methyl sites for hydroxylation is 1. The molecular formula is C11H9F3N2O. The normalized spacial score (nSPS) is 12.0. The maximum Gasteiger partial charge on any atom is 0.406 e. The predicted molar refractivity (Wildman–Crippen MR) is 56.8 cm³/mol. The van der Waals surface area contributed by atoms with Crippen molar-refractivity contribution in [1.82, 2.24) is 9.55 Å². The lowest BCUT2D eigenvalue weighted by molar-refractivity contribution is -0.140. The Kier molecular flexibility index (Phi) is 2.65. The van der Waals surface area contributed by atoms with Crippen LogP contribution in [0.1, 0.15) is 5.69 Å². The van der Waals surface area contributed by atoms with E-state index in [4.69, 9.17) is 0 Å². The van der Waals surface area contributed by atoms with Gasteiger partial charge in [-0.2, -0.15) is 18.2 Å². The van der Waals surface area contributed by atoms with Gasteiger partial charge in [-0.05, 0) is 13.0 Å². The molecule has 1 heterocycles. The third kappa shape index (κ3) is 2.30. The molecule has 0 aliphatic heterocycles. The van der Waals surface area contributed by atoms with Crippen LogP contribution >= 0.6 is 0 Å². The summed E-state index contributed by atoms with van der Waals surface area (Å²) in [6, 6.07) is 6.41. The topological polar surface area (TPSA) is 34.9 Å². The smallest absolute Gasteiger partial charge is 0.283 e. The monoisotopic (exact) mass is 242 g/mol. The molecular weight excluding hydrogens is 233 g/mol. The Bertz CT molecular complexity index is 616. The van der Waals surface area contributed by atoms with Crippen LogP contribution in [0.3, 0.4) is 0 Å². The highest BCUT2D eigenvalue weighted by Crippen LogP contribution is 2.20. The van der Waals surface area contributed by atoms with E-state index in [0.717, 1.165) is 0 Å². The summed E-state index contributed by atoms with van der Waals surface area (Å²) in [5.74, 6) is 0. The average molecular weight is 242 g/mol. The average Bonchev–Trinajstić information content (AvgIpc) is 2.23. The van der Waals surface area contributed by atoms with Crippen molar-refractivity contribution in [2.45, 2.75) is 19.6 Å². The summed E-state index contributed by atoms with van der Waals surface area (Å²) in [5, 5.41) is 0.552. The maximum absolute atomic E-state index is 12.4. The molecule has 0 bridgehead atoms. The first kappa shape index (κ1) is 11.6. The largest absolute Gasteiger partial charge is 0.406 e. The van der Waals surface area contributed by atoms with Gasteiger partial charge in [0.2, 0.25) is 0 Å². The molecule has 0 radical (unpaired) electrons. The van der Waals surface area contributed by atoms with Crippen molar-refractivity contribution >= 4 is 10.9 Å². The second kappa shape index (κ2) is 3.87. The van der Waals surface area contributed by atoms with Crippen molar-refractivity contribution in [2.24, 2.45) is 0 Å². The molecule has 3 nitrogen and oxygen atoms in total. The van der Waals surface area contributed by atoms with Crippen LogP contribution in [0.25, 0.3) is 10.9 Å². The number of fused-ring (bicyclic) bond motifs is 1. The van der Waals surface area contributed by atoms with E-state index in [0.29, 0.717) is 15.6 Å². The summed E-state index contributed by atoms with van der Waals surface area (Å²) < 4.78 is 37.7. The fourth-order valence-electron chi connectivity index (χ4n) is 1.71. The van der Waals surface area contributed by atoms with Crippen molar-refractivity contribution in [3.05, 3.63) is 40.4 Å². The third-order valence-corrected chi connectivity index (χ3v) is 2.42. The van der Waals surface area contributed by atoms with Crippen LogP contribution in [0.5, 0.6) is 0 Å². The van der Waals surface area contributed by atoms with Crippen LogP contribution in [0, 0.1) is 6.92 Å². The highest BCUT2D eigenvalue weighted by Gasteiger charge is 2.29. The van der Waals surface area contributed by atoms with E-state index >= 15 is 0 Å². The zero-order chi connectivity index (χ0) is 12.6. The Balaban J connectivity index is 2.74. The van der Waals surface area contributed by atoms with Gasteiger partial charge >= 0.3 is 11.9 Å². The van der Waals surface area contributed by atoms with Crippen molar-refractivity contribution in [3.63, 3.8) is 0 Å². The molecule has 0 N–H and O–H groups in total. The molecule has 0 fully saturated rings. The number of benzene rings is 1. The standard InChI is InChI=1S/C11H9F3N2O/c1-7-8-4-2-3-5-9(8)16(10(17)15-7)6-11(12,13)14/h2-5H,6H2,1H3. The van der Waals surface area contributed by atoms with E-state index in [-0.39, 0.29) is 5.52 Å². The number of aromatic nitrogens is 2. The van der Waals surface area contributed by atoms with Gasteiger partial charge in [-0.1, -0.05) is 18.2 Å². The van der Waals surface area contributed by atoms with Gasteiger partial charge in [-0.25, -0.2) is 4.79 Å². The Morgan fingerprint density at radius 2 is 1.94 bits per heavy atom. The summed E-state index contributed by atoms with van der Waals surface area (Å²) in [6.07, 6.45) is -4.44. The van der Waals surface area contributed by atoms with Gasteiger partial charge in [-0.15, -0.1) is 0 Å². The minimum Gasteiger partial charge on any atom is -0.283 e. The number of nitrogens with zero attached hydrogens (tertiary/aromatic N) is 2. The van der Waals surface area contributed by atoms with E-state index in [1.54, 1.807) is 25.1 Å². The van der Waals surface area contributed by atoms with Crippen LogP contribution < -0.4 is 5.69 Å². The summed E-state index contributed by atoms with van der Waals surface area (Å²) >= 11 is 0. The van der Waals surface area contributed by atoms with Gasteiger partial charge in [0.15, 0.2) is 0 Å². The fourth-order valence-corrected chi connectivity index (χ4v) is 1.71. The number of hydrogen-bond acceptors (Lipinski definition) is 2. The number of rotatable bonds is 1. The highest BCUT2D eigenvalue weighted by atomic mass is 19.4. The second-order valence-corrected chi connectivity index (χ2v) is 3.70. The predicted octanol–water partition coefficient (Wildman–Crippen LogP) is 2.27. The molecule has 90 valence electrons. The molecule has 0 saturated heterocycles. The molecule has 6 heteroatoms. The first-order valence-corrected chi connectivity index (χ1v) is 4.91. The lowest BCUT2D eigenvalue weighted by atomic mass is 10.2. The van der Waals surface area contributed by atoms with Gasteiger partial charge in [0.1, 0.15) is 6.54 Å². The van der Waals surface area contributed by atoms with Crippen LogP contribution in [0.2, 0.25) is 0 Å². The fraction of sp³-hybridized carbons (Fsp3) is 0.273. The lowest BCUT2D eigenvalue weighted by Gasteiger charge is -2.12. The molecule has 2 aromatic rings. The SMILES string of the molecule is Cc1nc(=O)n(CC(F)(F)F)c2ccccc12. The minimum absolute atomic E-state index is 0.252. The summed E-state index contributed by atoms with van der Waals surface area (Å²) in [6.45, 7) is 0.279. The Hall–Kier alpha value is -1.85. The first-order valence-electron chi connectivity index (χ1n) is 4.91. The molecule has 0 aliphatic carbocycles. The van der Waals surface area contributed by atoms with Gasteiger partial charge in [0.05, 0.1) is 11.2 Å². The number of hydrogen-bond donors (Lipinski definition) is 0. The molecule has 1 aromatic carbocycles.